The molecule has 2 aromatic heterocycles. The van der Waals surface area contributed by atoms with Crippen LogP contribution in [0.4, 0.5) is 5.69 Å². The van der Waals surface area contributed by atoms with E-state index in [9.17, 15) is 0 Å². The number of nitrogens with zero attached hydrogens (tertiary/aromatic N) is 2. The van der Waals surface area contributed by atoms with Gasteiger partial charge in [-0.15, -0.1) is 0 Å². The minimum absolute atomic E-state index is 0.168. The summed E-state index contributed by atoms with van der Waals surface area (Å²) in [7, 11) is 1.66. The molecule has 1 saturated heterocycles. The Kier molecular flexibility index (Phi) is 5.68. The Morgan fingerprint density at radius 2 is 1.88 bits per heavy atom. The van der Waals surface area contributed by atoms with Crippen LogP contribution < -0.4 is 15.0 Å². The molecule has 5 rings (SSSR count). The smallest absolute Gasteiger partial charge is 0.174 e. The Morgan fingerprint density at radius 3 is 2.62 bits per heavy atom. The van der Waals surface area contributed by atoms with Gasteiger partial charge in [-0.2, -0.15) is 0 Å². The third kappa shape index (κ3) is 3.89. The van der Waals surface area contributed by atoms with E-state index in [4.69, 9.17) is 21.4 Å². The highest BCUT2D eigenvalue weighted by molar-refractivity contribution is 9.10. The summed E-state index contributed by atoms with van der Waals surface area (Å²) in [6.45, 7) is 0. The molecule has 4 aromatic rings. The molecule has 32 heavy (non-hydrogen) atoms. The number of hydrogen-bond acceptors (Lipinski definition) is 4. The first kappa shape index (κ1) is 20.7. The molecule has 0 amide bonds. The van der Waals surface area contributed by atoms with Crippen molar-refractivity contribution in [2.24, 2.45) is 0 Å². The first-order chi connectivity index (χ1) is 15.6. The molecule has 1 aliphatic rings. The van der Waals surface area contributed by atoms with Gasteiger partial charge in [0.2, 0.25) is 0 Å². The number of anilines is 1. The summed E-state index contributed by atoms with van der Waals surface area (Å²) in [6, 6.07) is 25.4. The third-order valence-electron chi connectivity index (χ3n) is 5.48. The minimum Gasteiger partial charge on any atom is -0.497 e. The SMILES string of the molecule is COc1cccc(N2C(=S)N[C@@H](c3ccccn3)[C@@H]2c2ccc(-c3ccc(Br)cc3)o2)c1. The second-order valence-corrected chi connectivity index (χ2v) is 8.71. The number of furan rings is 1. The summed E-state index contributed by atoms with van der Waals surface area (Å²) in [4.78, 5) is 6.66. The van der Waals surface area contributed by atoms with Crippen LogP contribution in [0.25, 0.3) is 11.3 Å². The van der Waals surface area contributed by atoms with Crippen molar-refractivity contribution in [3.05, 3.63) is 101 Å². The number of ether oxygens (including phenoxy) is 1. The number of halogens is 1. The molecular weight excluding hydrogens is 486 g/mol. The molecule has 0 unspecified atom stereocenters. The summed E-state index contributed by atoms with van der Waals surface area (Å²) in [5.41, 5.74) is 2.83. The Hall–Kier alpha value is -3.16. The standard InChI is InChI=1S/C25H20BrN3O2S/c1-30-19-6-4-5-18(15-19)29-24(23(28-25(29)32)20-7-2-3-14-27-20)22-13-12-21(31-22)16-8-10-17(26)11-9-16/h2-15,23-24H,1H3,(H,28,32)/t23-,24-/m0/s1. The first-order valence-corrected chi connectivity index (χ1v) is 11.3. The van der Waals surface area contributed by atoms with Gasteiger partial charge in [0.15, 0.2) is 5.11 Å². The van der Waals surface area contributed by atoms with Crippen molar-refractivity contribution in [3.8, 4) is 17.1 Å². The van der Waals surface area contributed by atoms with E-state index in [2.05, 4.69) is 31.1 Å². The average molecular weight is 506 g/mol. The molecule has 0 radical (unpaired) electrons. The number of thiocarbonyl (C=S) groups is 1. The van der Waals surface area contributed by atoms with Crippen LogP contribution in [0.15, 0.2) is 93.9 Å². The fourth-order valence-corrected chi connectivity index (χ4v) is 4.57. The zero-order chi connectivity index (χ0) is 22.1. The van der Waals surface area contributed by atoms with E-state index < -0.39 is 0 Å². The summed E-state index contributed by atoms with van der Waals surface area (Å²) >= 11 is 9.26. The fourth-order valence-electron chi connectivity index (χ4n) is 3.96. The minimum atomic E-state index is -0.214. The Bertz CT molecular complexity index is 1240. The lowest BCUT2D eigenvalue weighted by atomic mass is 10.0. The van der Waals surface area contributed by atoms with E-state index in [0.717, 1.165) is 38.7 Å². The number of rotatable bonds is 5. The first-order valence-electron chi connectivity index (χ1n) is 10.1. The quantitative estimate of drug-likeness (QED) is 0.321. The Balaban J connectivity index is 1.59. The van der Waals surface area contributed by atoms with E-state index >= 15 is 0 Å². The highest BCUT2D eigenvalue weighted by Crippen LogP contribution is 2.43. The van der Waals surface area contributed by atoms with E-state index in [-0.39, 0.29) is 12.1 Å². The van der Waals surface area contributed by atoms with Gasteiger partial charge in [-0.3, -0.25) is 4.98 Å². The molecule has 5 nitrogen and oxygen atoms in total. The number of methoxy groups -OCH3 is 1. The third-order valence-corrected chi connectivity index (χ3v) is 6.32. The highest BCUT2D eigenvalue weighted by atomic mass is 79.9. The summed E-state index contributed by atoms with van der Waals surface area (Å²) < 4.78 is 12.9. The van der Waals surface area contributed by atoms with Gasteiger partial charge in [-0.05, 0) is 60.7 Å². The van der Waals surface area contributed by atoms with Crippen LogP contribution in [-0.2, 0) is 0 Å². The van der Waals surface area contributed by atoms with Gasteiger partial charge in [0.05, 0.1) is 18.8 Å². The largest absolute Gasteiger partial charge is 0.497 e. The average Bonchev–Trinajstić information content (AvgIpc) is 3.45. The maximum atomic E-state index is 6.39. The maximum absolute atomic E-state index is 6.39. The summed E-state index contributed by atoms with van der Waals surface area (Å²) in [5.74, 6) is 2.37. The lowest BCUT2D eigenvalue weighted by Gasteiger charge is -2.26. The molecular formula is C25H20BrN3O2S. The fraction of sp³-hybridized carbons (Fsp3) is 0.120. The van der Waals surface area contributed by atoms with E-state index in [1.165, 1.54) is 0 Å². The molecule has 0 bridgehead atoms. The zero-order valence-electron chi connectivity index (χ0n) is 17.2. The number of hydrogen-bond donors (Lipinski definition) is 1. The summed E-state index contributed by atoms with van der Waals surface area (Å²) in [6.07, 6.45) is 1.79. The molecule has 2 aromatic carbocycles. The predicted octanol–water partition coefficient (Wildman–Crippen LogP) is 6.29. The topological polar surface area (TPSA) is 50.5 Å². The highest BCUT2D eigenvalue weighted by Gasteiger charge is 2.42. The lowest BCUT2D eigenvalue weighted by Crippen LogP contribution is -2.29. The van der Waals surface area contributed by atoms with Crippen LogP contribution >= 0.6 is 28.1 Å². The second kappa shape index (κ2) is 8.76. The number of benzene rings is 2. The molecule has 1 N–H and O–H groups in total. The van der Waals surface area contributed by atoms with Gasteiger partial charge in [0, 0.05) is 28.0 Å². The molecule has 160 valence electrons. The molecule has 0 aliphatic carbocycles. The van der Waals surface area contributed by atoms with Crippen LogP contribution in [-0.4, -0.2) is 17.2 Å². The maximum Gasteiger partial charge on any atom is 0.174 e. The molecule has 1 aliphatic heterocycles. The normalized spacial score (nSPS) is 17.9. The van der Waals surface area contributed by atoms with Crippen LogP contribution in [0, 0.1) is 0 Å². The molecule has 0 saturated carbocycles. The predicted molar refractivity (Wildman–Crippen MR) is 133 cm³/mol. The number of nitrogens with one attached hydrogen (secondary N) is 1. The van der Waals surface area contributed by atoms with Gasteiger partial charge >= 0.3 is 0 Å². The van der Waals surface area contributed by atoms with Crippen molar-refractivity contribution in [2.75, 3.05) is 12.0 Å². The van der Waals surface area contributed by atoms with Crippen molar-refractivity contribution in [1.82, 2.24) is 10.3 Å². The van der Waals surface area contributed by atoms with Crippen molar-refractivity contribution in [2.45, 2.75) is 12.1 Å². The number of aromatic nitrogens is 1. The van der Waals surface area contributed by atoms with Gasteiger partial charge in [0.1, 0.15) is 23.3 Å². The van der Waals surface area contributed by atoms with Gasteiger partial charge in [-0.1, -0.05) is 40.2 Å². The summed E-state index contributed by atoms with van der Waals surface area (Å²) in [5, 5.41) is 4.06. The van der Waals surface area contributed by atoms with Crippen LogP contribution in [0.1, 0.15) is 23.5 Å². The number of pyridine rings is 1. The van der Waals surface area contributed by atoms with Gasteiger partial charge < -0.3 is 19.4 Å². The van der Waals surface area contributed by atoms with E-state index in [0.29, 0.717) is 5.11 Å². The van der Waals surface area contributed by atoms with Crippen molar-refractivity contribution in [3.63, 3.8) is 0 Å². The Labute approximate surface area is 200 Å². The molecule has 3 heterocycles. The monoisotopic (exact) mass is 505 g/mol. The molecule has 0 spiro atoms. The second-order valence-electron chi connectivity index (χ2n) is 7.41. The van der Waals surface area contributed by atoms with Crippen LogP contribution in [0.2, 0.25) is 0 Å². The lowest BCUT2D eigenvalue weighted by molar-refractivity contribution is 0.414. The van der Waals surface area contributed by atoms with Gasteiger partial charge in [-0.25, -0.2) is 0 Å². The Morgan fingerprint density at radius 1 is 1.03 bits per heavy atom. The zero-order valence-corrected chi connectivity index (χ0v) is 19.6. The van der Waals surface area contributed by atoms with Crippen LogP contribution in [0.3, 0.4) is 0 Å². The molecule has 1 fully saturated rings. The van der Waals surface area contributed by atoms with Crippen molar-refractivity contribution >= 4 is 38.9 Å². The van der Waals surface area contributed by atoms with E-state index in [1.807, 2.05) is 78.9 Å². The molecule has 2 atom stereocenters. The van der Waals surface area contributed by atoms with Gasteiger partial charge in [0.25, 0.3) is 0 Å². The van der Waals surface area contributed by atoms with E-state index in [1.54, 1.807) is 13.3 Å². The van der Waals surface area contributed by atoms with Crippen molar-refractivity contribution in [1.29, 1.82) is 0 Å². The molecule has 7 heteroatoms. The van der Waals surface area contributed by atoms with Crippen molar-refractivity contribution < 1.29 is 9.15 Å². The van der Waals surface area contributed by atoms with Crippen LogP contribution in [0.5, 0.6) is 5.75 Å².